The van der Waals surface area contributed by atoms with Crippen LogP contribution in [0, 0.1) is 5.82 Å². The summed E-state index contributed by atoms with van der Waals surface area (Å²) in [7, 11) is -3.58. The molecule has 0 aliphatic heterocycles. The average molecular weight is 540 g/mol. The first-order valence-electron chi connectivity index (χ1n) is 12.1. The molecule has 10 heteroatoms. The van der Waals surface area contributed by atoms with Gasteiger partial charge in [-0.1, -0.05) is 44.0 Å². The summed E-state index contributed by atoms with van der Waals surface area (Å²) in [5.74, 6) is -0.897. The van der Waals surface area contributed by atoms with Crippen LogP contribution in [0.3, 0.4) is 0 Å². The van der Waals surface area contributed by atoms with Crippen molar-refractivity contribution in [2.24, 2.45) is 0 Å². The van der Waals surface area contributed by atoms with Crippen molar-refractivity contribution in [3.8, 4) is 0 Å². The summed E-state index contributed by atoms with van der Waals surface area (Å²) < 4.78 is 39.4. The van der Waals surface area contributed by atoms with Gasteiger partial charge in [0.1, 0.15) is 11.9 Å². The zero-order chi connectivity index (χ0) is 26.7. The Hall–Kier alpha value is -2.65. The molecule has 2 amide bonds. The zero-order valence-corrected chi connectivity index (χ0v) is 22.6. The Balaban J connectivity index is 2.18. The lowest BCUT2D eigenvalue weighted by Gasteiger charge is -2.31. The number of benzene rings is 2. The number of nitrogens with one attached hydrogen (secondary N) is 1. The molecule has 0 radical (unpaired) electrons. The summed E-state index contributed by atoms with van der Waals surface area (Å²) in [6.45, 7) is 4.62. The Kier molecular flexibility index (Phi) is 11.7. The van der Waals surface area contributed by atoms with Crippen LogP contribution in [-0.4, -0.2) is 50.5 Å². The van der Waals surface area contributed by atoms with E-state index in [9.17, 15) is 22.4 Å². The number of anilines is 1. The normalized spacial score (nSPS) is 12.1. The molecule has 2 aromatic rings. The Morgan fingerprint density at radius 2 is 1.67 bits per heavy atom. The fraction of sp³-hybridized carbons (Fsp3) is 0.462. The standard InChI is InChI=1S/C26H35ClFN3O4S/c1-4-6-17-29-26(33)24(5-2)30(19-20-9-13-22(28)14-10-20)25(32)8-7-18-31(36(3,34)35)23-15-11-21(27)12-16-23/h9-16,24H,4-8,17-19H2,1-3H3,(H,29,33)/t24-/m0/s1. The number of sulfonamides is 1. The van der Waals surface area contributed by atoms with Crippen molar-refractivity contribution in [2.75, 3.05) is 23.7 Å². The van der Waals surface area contributed by atoms with Gasteiger partial charge in [0.05, 0.1) is 11.9 Å². The summed E-state index contributed by atoms with van der Waals surface area (Å²) in [6, 6.07) is 11.5. The zero-order valence-electron chi connectivity index (χ0n) is 21.0. The number of amides is 2. The molecule has 0 aliphatic rings. The second-order valence-electron chi connectivity index (χ2n) is 8.63. The molecule has 0 aliphatic carbocycles. The fourth-order valence-electron chi connectivity index (χ4n) is 3.82. The molecular weight excluding hydrogens is 505 g/mol. The molecule has 0 saturated carbocycles. The first-order chi connectivity index (χ1) is 17.1. The van der Waals surface area contributed by atoms with E-state index in [0.29, 0.717) is 29.2 Å². The fourth-order valence-corrected chi connectivity index (χ4v) is 4.91. The number of unbranched alkanes of at least 4 members (excludes halogenated alkanes) is 1. The SMILES string of the molecule is CCCCNC(=O)[C@H](CC)N(Cc1ccc(F)cc1)C(=O)CCCN(c1ccc(Cl)cc1)S(C)(=O)=O. The summed E-state index contributed by atoms with van der Waals surface area (Å²) >= 11 is 5.92. The molecule has 0 unspecified atom stereocenters. The predicted octanol–water partition coefficient (Wildman–Crippen LogP) is 4.75. The number of rotatable bonds is 14. The lowest BCUT2D eigenvalue weighted by molar-refractivity contribution is -0.141. The van der Waals surface area contributed by atoms with Gasteiger partial charge in [0.25, 0.3) is 0 Å². The monoisotopic (exact) mass is 539 g/mol. The molecule has 36 heavy (non-hydrogen) atoms. The van der Waals surface area contributed by atoms with Gasteiger partial charge in [-0.3, -0.25) is 13.9 Å². The van der Waals surface area contributed by atoms with Crippen molar-refractivity contribution in [1.82, 2.24) is 10.2 Å². The van der Waals surface area contributed by atoms with E-state index in [4.69, 9.17) is 11.6 Å². The summed E-state index contributed by atoms with van der Waals surface area (Å²) in [4.78, 5) is 27.8. The van der Waals surface area contributed by atoms with E-state index in [1.54, 1.807) is 36.4 Å². The first kappa shape index (κ1) is 29.6. The molecule has 198 valence electrons. The number of hydrogen-bond acceptors (Lipinski definition) is 4. The van der Waals surface area contributed by atoms with Gasteiger partial charge in [-0.15, -0.1) is 0 Å². The molecule has 0 saturated heterocycles. The Morgan fingerprint density at radius 1 is 1.03 bits per heavy atom. The van der Waals surface area contributed by atoms with Crippen molar-refractivity contribution in [1.29, 1.82) is 0 Å². The highest BCUT2D eigenvalue weighted by Crippen LogP contribution is 2.22. The van der Waals surface area contributed by atoms with E-state index < -0.39 is 16.1 Å². The van der Waals surface area contributed by atoms with Crippen LogP contribution in [0.4, 0.5) is 10.1 Å². The van der Waals surface area contributed by atoms with Crippen molar-refractivity contribution in [3.63, 3.8) is 0 Å². The summed E-state index contributed by atoms with van der Waals surface area (Å²) in [6.07, 6.45) is 3.57. The van der Waals surface area contributed by atoms with Crippen LogP contribution in [-0.2, 0) is 26.2 Å². The van der Waals surface area contributed by atoms with E-state index in [1.165, 1.54) is 21.3 Å². The second-order valence-corrected chi connectivity index (χ2v) is 11.0. The van der Waals surface area contributed by atoms with Gasteiger partial charge >= 0.3 is 0 Å². The largest absolute Gasteiger partial charge is 0.354 e. The maximum absolute atomic E-state index is 13.4. The molecule has 1 atom stereocenters. The molecule has 0 spiro atoms. The molecule has 0 bridgehead atoms. The van der Waals surface area contributed by atoms with Gasteiger partial charge in [0, 0.05) is 31.1 Å². The van der Waals surface area contributed by atoms with Gasteiger partial charge in [-0.05, 0) is 61.2 Å². The average Bonchev–Trinajstić information content (AvgIpc) is 2.83. The van der Waals surface area contributed by atoms with Crippen LogP contribution in [0.2, 0.25) is 5.02 Å². The number of halogens is 2. The third-order valence-electron chi connectivity index (χ3n) is 5.75. The van der Waals surface area contributed by atoms with Crippen molar-refractivity contribution < 1.29 is 22.4 Å². The quantitative estimate of drug-likeness (QED) is 0.351. The smallest absolute Gasteiger partial charge is 0.242 e. The topological polar surface area (TPSA) is 86.8 Å². The van der Waals surface area contributed by atoms with Gasteiger partial charge in [0.2, 0.25) is 21.8 Å². The third-order valence-corrected chi connectivity index (χ3v) is 7.19. The molecular formula is C26H35ClFN3O4S. The van der Waals surface area contributed by atoms with Crippen LogP contribution >= 0.6 is 11.6 Å². The van der Waals surface area contributed by atoms with E-state index in [-0.39, 0.29) is 43.6 Å². The number of carbonyl (C=O) groups excluding carboxylic acids is 2. The molecule has 1 N–H and O–H groups in total. The number of nitrogens with zero attached hydrogens (tertiary/aromatic N) is 2. The van der Waals surface area contributed by atoms with Crippen molar-refractivity contribution in [2.45, 2.75) is 58.5 Å². The minimum absolute atomic E-state index is 0.0412. The number of carbonyl (C=O) groups is 2. The molecule has 0 heterocycles. The van der Waals surface area contributed by atoms with Gasteiger partial charge in [-0.2, -0.15) is 0 Å². The highest BCUT2D eigenvalue weighted by atomic mass is 35.5. The van der Waals surface area contributed by atoms with Crippen LogP contribution in [0.15, 0.2) is 48.5 Å². The van der Waals surface area contributed by atoms with E-state index >= 15 is 0 Å². The molecule has 2 aromatic carbocycles. The Labute approximate surface area is 218 Å². The third kappa shape index (κ3) is 9.09. The second kappa shape index (κ2) is 14.2. The minimum atomic E-state index is -3.58. The van der Waals surface area contributed by atoms with Gasteiger partial charge in [0.15, 0.2) is 0 Å². The van der Waals surface area contributed by atoms with E-state index in [2.05, 4.69) is 5.32 Å². The molecule has 2 rings (SSSR count). The van der Waals surface area contributed by atoms with E-state index in [1.807, 2.05) is 13.8 Å². The lowest BCUT2D eigenvalue weighted by Crippen LogP contribution is -2.49. The Bertz CT molecular complexity index is 1100. The van der Waals surface area contributed by atoms with Gasteiger partial charge < -0.3 is 10.2 Å². The van der Waals surface area contributed by atoms with Crippen LogP contribution < -0.4 is 9.62 Å². The summed E-state index contributed by atoms with van der Waals surface area (Å²) in [5.41, 5.74) is 1.16. The molecule has 0 fully saturated rings. The maximum Gasteiger partial charge on any atom is 0.242 e. The van der Waals surface area contributed by atoms with Crippen LogP contribution in [0.5, 0.6) is 0 Å². The van der Waals surface area contributed by atoms with Crippen molar-refractivity contribution in [3.05, 3.63) is 64.9 Å². The first-order valence-corrected chi connectivity index (χ1v) is 14.3. The molecule has 7 nitrogen and oxygen atoms in total. The summed E-state index contributed by atoms with van der Waals surface area (Å²) in [5, 5.41) is 3.38. The minimum Gasteiger partial charge on any atom is -0.354 e. The highest BCUT2D eigenvalue weighted by Gasteiger charge is 2.28. The predicted molar refractivity (Wildman–Crippen MR) is 142 cm³/mol. The maximum atomic E-state index is 13.4. The molecule has 0 aromatic heterocycles. The lowest BCUT2D eigenvalue weighted by atomic mass is 10.1. The van der Waals surface area contributed by atoms with E-state index in [0.717, 1.165) is 19.1 Å². The van der Waals surface area contributed by atoms with Crippen LogP contribution in [0.25, 0.3) is 0 Å². The van der Waals surface area contributed by atoms with Gasteiger partial charge in [-0.25, -0.2) is 12.8 Å². The number of hydrogen-bond donors (Lipinski definition) is 1. The Morgan fingerprint density at radius 3 is 2.22 bits per heavy atom. The highest BCUT2D eigenvalue weighted by molar-refractivity contribution is 7.92. The van der Waals surface area contributed by atoms with Crippen LogP contribution in [0.1, 0.15) is 51.5 Å². The van der Waals surface area contributed by atoms with Crippen molar-refractivity contribution >= 4 is 39.1 Å².